The second-order valence-corrected chi connectivity index (χ2v) is 9.25. The molecular weight excluding hydrogens is 398 g/mol. The largest absolute Gasteiger partial charge is 0.355 e. The average molecular weight is 426 g/mol. The number of likely N-dealkylation sites (tertiary alicyclic amines) is 1. The first kappa shape index (κ1) is 19.4. The van der Waals surface area contributed by atoms with E-state index in [1.54, 1.807) is 5.51 Å². The number of anilines is 1. The Bertz CT molecular complexity index is 1090. The predicted octanol–water partition coefficient (Wildman–Crippen LogP) is 2.71. The first-order valence-corrected chi connectivity index (χ1v) is 11.5. The molecule has 5 heterocycles. The van der Waals surface area contributed by atoms with Crippen molar-refractivity contribution in [2.24, 2.45) is 5.73 Å². The van der Waals surface area contributed by atoms with Gasteiger partial charge < -0.3 is 15.5 Å². The molecule has 0 aliphatic carbocycles. The van der Waals surface area contributed by atoms with Crippen molar-refractivity contribution in [1.82, 2.24) is 24.5 Å². The summed E-state index contributed by atoms with van der Waals surface area (Å²) >= 11 is 1.42. The van der Waals surface area contributed by atoms with E-state index in [1.807, 2.05) is 28.6 Å². The summed E-state index contributed by atoms with van der Waals surface area (Å²) in [4.78, 5) is 27.3. The highest BCUT2D eigenvalue weighted by Gasteiger charge is 2.32. The van der Waals surface area contributed by atoms with Gasteiger partial charge in [0.25, 0.3) is 5.91 Å². The van der Waals surface area contributed by atoms with Gasteiger partial charge in [-0.05, 0) is 39.5 Å². The Kier molecular flexibility index (Phi) is 4.94. The van der Waals surface area contributed by atoms with Crippen molar-refractivity contribution in [3.63, 3.8) is 0 Å². The summed E-state index contributed by atoms with van der Waals surface area (Å²) in [5, 5.41) is 4.82. The lowest BCUT2D eigenvalue weighted by molar-refractivity contribution is 0.0610. The smallest absolute Gasteiger partial charge is 0.266 e. The number of rotatable bonds is 3. The van der Waals surface area contributed by atoms with Crippen LogP contribution in [0.5, 0.6) is 0 Å². The van der Waals surface area contributed by atoms with Crippen molar-refractivity contribution in [2.45, 2.75) is 51.6 Å². The van der Waals surface area contributed by atoms with Crippen LogP contribution in [0, 0.1) is 13.8 Å². The number of aryl methyl sites for hydroxylation is 2. The summed E-state index contributed by atoms with van der Waals surface area (Å²) in [6.45, 7) is 6.48. The molecule has 3 aromatic rings. The number of carbonyl (C=O) groups excluding carboxylic acids is 1. The summed E-state index contributed by atoms with van der Waals surface area (Å²) in [6, 6.07) is 2.22. The molecule has 1 amide bonds. The normalized spacial score (nSPS) is 22.2. The fraction of sp³-hybridized carbons (Fsp3) is 0.524. The highest BCUT2D eigenvalue weighted by Crippen LogP contribution is 2.33. The van der Waals surface area contributed by atoms with Gasteiger partial charge in [0.2, 0.25) is 0 Å². The first-order valence-electron chi connectivity index (χ1n) is 10.6. The highest BCUT2D eigenvalue weighted by atomic mass is 32.1. The molecule has 5 rings (SSSR count). The van der Waals surface area contributed by atoms with Crippen LogP contribution in [0.15, 0.2) is 17.8 Å². The van der Waals surface area contributed by atoms with Crippen LogP contribution >= 0.6 is 11.3 Å². The monoisotopic (exact) mass is 425 g/mol. The number of hydrogen-bond acceptors (Lipinski definition) is 7. The number of hydrogen-bond donors (Lipinski definition) is 1. The van der Waals surface area contributed by atoms with E-state index < -0.39 is 0 Å². The molecule has 8 nitrogen and oxygen atoms in total. The highest BCUT2D eigenvalue weighted by molar-refractivity contribution is 7.11. The average Bonchev–Trinajstić information content (AvgIpc) is 3.46. The van der Waals surface area contributed by atoms with Gasteiger partial charge in [-0.2, -0.15) is 5.10 Å². The van der Waals surface area contributed by atoms with Crippen molar-refractivity contribution in [3.05, 3.63) is 39.6 Å². The van der Waals surface area contributed by atoms with E-state index in [9.17, 15) is 4.79 Å². The van der Waals surface area contributed by atoms with E-state index in [2.05, 4.69) is 16.8 Å². The quantitative estimate of drug-likeness (QED) is 0.694. The standard InChI is InChI=1S/C21H27N7OS/c1-13-10-28-18(24-20(13)26-8-6-15(22)11-26)9-16(25-28)17-5-3-4-7-27(17)21(29)19-14(2)23-12-30-19/h9-10,12,15,17H,3-8,11,22H2,1-2H3/t15-,17-/m0/s1. The second kappa shape index (κ2) is 7.63. The van der Waals surface area contributed by atoms with Crippen LogP contribution < -0.4 is 10.6 Å². The Morgan fingerprint density at radius 1 is 1.23 bits per heavy atom. The van der Waals surface area contributed by atoms with Gasteiger partial charge in [0, 0.05) is 43.5 Å². The molecule has 0 saturated carbocycles. The minimum absolute atomic E-state index is 0.0292. The number of nitrogens with zero attached hydrogens (tertiary/aromatic N) is 6. The Labute approximate surface area is 179 Å². The van der Waals surface area contributed by atoms with Crippen molar-refractivity contribution in [2.75, 3.05) is 24.5 Å². The first-order chi connectivity index (χ1) is 14.5. The molecular formula is C21H27N7OS. The zero-order chi connectivity index (χ0) is 20.8. The third-order valence-electron chi connectivity index (χ3n) is 6.19. The maximum atomic E-state index is 13.2. The lowest BCUT2D eigenvalue weighted by Gasteiger charge is -2.34. The van der Waals surface area contributed by atoms with Crippen molar-refractivity contribution in [1.29, 1.82) is 0 Å². The number of nitrogens with two attached hydrogens (primary N) is 1. The topological polar surface area (TPSA) is 92.6 Å². The molecule has 9 heteroatoms. The summed E-state index contributed by atoms with van der Waals surface area (Å²) in [5.74, 6) is 1.05. The molecule has 0 spiro atoms. The van der Waals surface area contributed by atoms with Gasteiger partial charge in [-0.25, -0.2) is 14.5 Å². The van der Waals surface area contributed by atoms with Crippen LogP contribution in [0.25, 0.3) is 5.65 Å². The van der Waals surface area contributed by atoms with Crippen LogP contribution in [0.1, 0.15) is 58.3 Å². The van der Waals surface area contributed by atoms with Gasteiger partial charge in [-0.1, -0.05) is 0 Å². The van der Waals surface area contributed by atoms with Crippen LogP contribution in [0.3, 0.4) is 0 Å². The molecule has 2 saturated heterocycles. The van der Waals surface area contributed by atoms with Gasteiger partial charge in [0.1, 0.15) is 10.7 Å². The molecule has 0 unspecified atom stereocenters. The van der Waals surface area contributed by atoms with Crippen LogP contribution in [-0.4, -0.2) is 56.1 Å². The van der Waals surface area contributed by atoms with Crippen LogP contribution in [-0.2, 0) is 0 Å². The number of aromatic nitrogens is 4. The molecule has 30 heavy (non-hydrogen) atoms. The van der Waals surface area contributed by atoms with E-state index in [4.69, 9.17) is 15.8 Å². The molecule has 2 atom stereocenters. The molecule has 2 aliphatic heterocycles. The Morgan fingerprint density at radius 2 is 2.10 bits per heavy atom. The molecule has 2 N–H and O–H groups in total. The zero-order valence-corrected chi connectivity index (χ0v) is 18.2. The molecule has 0 bridgehead atoms. The second-order valence-electron chi connectivity index (χ2n) is 8.39. The van der Waals surface area contributed by atoms with Gasteiger partial charge in [-0.15, -0.1) is 11.3 Å². The van der Waals surface area contributed by atoms with E-state index in [-0.39, 0.29) is 18.0 Å². The predicted molar refractivity (Wildman–Crippen MR) is 117 cm³/mol. The van der Waals surface area contributed by atoms with Gasteiger partial charge in [0.05, 0.1) is 22.9 Å². The minimum atomic E-state index is -0.0292. The fourth-order valence-electron chi connectivity index (χ4n) is 4.60. The molecule has 158 valence electrons. The SMILES string of the molecule is Cc1cn2nc([C@@H]3CCCCN3C(=O)c3scnc3C)cc2nc1N1CC[C@H](N)C1. The number of carbonyl (C=O) groups is 1. The summed E-state index contributed by atoms with van der Waals surface area (Å²) in [7, 11) is 0. The fourth-order valence-corrected chi connectivity index (χ4v) is 5.36. The number of amides is 1. The Hall–Kier alpha value is -2.52. The van der Waals surface area contributed by atoms with Crippen molar-refractivity contribution < 1.29 is 4.79 Å². The van der Waals surface area contributed by atoms with Gasteiger partial charge >= 0.3 is 0 Å². The van der Waals surface area contributed by atoms with E-state index in [0.717, 1.165) is 78.6 Å². The van der Waals surface area contributed by atoms with Crippen LogP contribution in [0.4, 0.5) is 5.82 Å². The minimum Gasteiger partial charge on any atom is -0.355 e. The molecule has 0 aromatic carbocycles. The van der Waals surface area contributed by atoms with E-state index >= 15 is 0 Å². The lowest BCUT2D eigenvalue weighted by atomic mass is 9.99. The van der Waals surface area contributed by atoms with Crippen molar-refractivity contribution in [3.8, 4) is 0 Å². The van der Waals surface area contributed by atoms with E-state index in [1.165, 1.54) is 11.3 Å². The third kappa shape index (κ3) is 3.35. The lowest BCUT2D eigenvalue weighted by Crippen LogP contribution is -2.38. The third-order valence-corrected chi connectivity index (χ3v) is 7.11. The zero-order valence-electron chi connectivity index (χ0n) is 17.4. The van der Waals surface area contributed by atoms with Gasteiger partial charge in [-0.3, -0.25) is 4.79 Å². The van der Waals surface area contributed by atoms with Crippen LogP contribution in [0.2, 0.25) is 0 Å². The maximum Gasteiger partial charge on any atom is 0.266 e. The number of fused-ring (bicyclic) bond motifs is 1. The summed E-state index contributed by atoms with van der Waals surface area (Å²) in [6.07, 6.45) is 6.05. The van der Waals surface area contributed by atoms with Gasteiger partial charge in [0.15, 0.2) is 5.65 Å². The van der Waals surface area contributed by atoms with Crippen molar-refractivity contribution >= 4 is 28.7 Å². The van der Waals surface area contributed by atoms with E-state index in [0.29, 0.717) is 0 Å². The number of thiazole rings is 1. The molecule has 0 radical (unpaired) electrons. The molecule has 2 aliphatic rings. The maximum absolute atomic E-state index is 13.2. The molecule has 3 aromatic heterocycles. The Morgan fingerprint density at radius 3 is 2.83 bits per heavy atom. The summed E-state index contributed by atoms with van der Waals surface area (Å²) < 4.78 is 1.85. The summed E-state index contributed by atoms with van der Waals surface area (Å²) in [5.41, 5.74) is 11.4. The Balaban J connectivity index is 1.48. The number of piperidine rings is 1. The molecule has 2 fully saturated rings.